The first-order chi connectivity index (χ1) is 8.68. The zero-order valence-corrected chi connectivity index (χ0v) is 12.6. The van der Waals surface area contributed by atoms with Crippen LogP contribution < -0.4 is 5.32 Å². The number of thiol groups is 1. The van der Waals surface area contributed by atoms with Crippen molar-refractivity contribution in [1.82, 2.24) is 5.32 Å². The molecule has 1 aromatic rings. The topological polar surface area (TPSA) is 29.1 Å². The van der Waals surface area contributed by atoms with Crippen LogP contribution in [0.15, 0.2) is 23.1 Å². The smallest absolute Gasteiger partial charge is 0.251 e. The first-order valence-electron chi connectivity index (χ1n) is 6.44. The van der Waals surface area contributed by atoms with Crippen LogP contribution in [-0.2, 0) is 0 Å². The molecule has 1 saturated carbocycles. The molecule has 104 valence electrons. The van der Waals surface area contributed by atoms with E-state index in [4.69, 9.17) is 0 Å². The van der Waals surface area contributed by atoms with Crippen LogP contribution >= 0.6 is 12.6 Å². The van der Waals surface area contributed by atoms with E-state index >= 15 is 0 Å². The Kier molecular flexibility index (Phi) is 3.42. The molecule has 0 atom stereocenters. The van der Waals surface area contributed by atoms with E-state index in [9.17, 15) is 9.18 Å². The number of nitrogens with one attached hydrogen (secondary N) is 1. The highest BCUT2D eigenvalue weighted by Gasteiger charge is 2.64. The molecule has 2 nitrogen and oxygen atoms in total. The van der Waals surface area contributed by atoms with Gasteiger partial charge in [0.1, 0.15) is 5.82 Å². The van der Waals surface area contributed by atoms with Crippen LogP contribution in [-0.4, -0.2) is 12.5 Å². The van der Waals surface area contributed by atoms with Gasteiger partial charge in [0.05, 0.1) is 0 Å². The van der Waals surface area contributed by atoms with Gasteiger partial charge < -0.3 is 5.32 Å². The van der Waals surface area contributed by atoms with Gasteiger partial charge in [-0.1, -0.05) is 27.7 Å². The van der Waals surface area contributed by atoms with Crippen LogP contribution in [0.5, 0.6) is 0 Å². The summed E-state index contributed by atoms with van der Waals surface area (Å²) in [6.45, 7) is 9.51. The van der Waals surface area contributed by atoms with Crippen molar-refractivity contribution < 1.29 is 9.18 Å². The first-order valence-corrected chi connectivity index (χ1v) is 6.89. The van der Waals surface area contributed by atoms with Crippen LogP contribution in [0.4, 0.5) is 4.39 Å². The van der Waals surface area contributed by atoms with E-state index in [0.717, 1.165) is 0 Å². The van der Waals surface area contributed by atoms with Gasteiger partial charge in [-0.15, -0.1) is 12.6 Å². The third-order valence-corrected chi connectivity index (χ3v) is 5.34. The highest BCUT2D eigenvalue weighted by Crippen LogP contribution is 2.67. The van der Waals surface area contributed by atoms with Crippen molar-refractivity contribution in [1.29, 1.82) is 0 Å². The summed E-state index contributed by atoms with van der Waals surface area (Å²) in [6, 6.07) is 4.20. The molecule has 0 heterocycles. The molecule has 0 unspecified atom stereocenters. The van der Waals surface area contributed by atoms with Crippen LogP contribution in [0.1, 0.15) is 38.1 Å². The summed E-state index contributed by atoms with van der Waals surface area (Å²) in [6.07, 6.45) is 0. The quantitative estimate of drug-likeness (QED) is 0.815. The molecular weight excluding hydrogens is 261 g/mol. The summed E-state index contributed by atoms with van der Waals surface area (Å²) >= 11 is 3.98. The van der Waals surface area contributed by atoms with E-state index < -0.39 is 5.82 Å². The minimum absolute atomic E-state index is 0.172. The molecule has 2 rings (SSSR count). The molecule has 1 N–H and O–H groups in total. The molecule has 1 aromatic carbocycles. The molecule has 1 fully saturated rings. The van der Waals surface area contributed by atoms with E-state index in [1.807, 2.05) is 0 Å². The monoisotopic (exact) mass is 281 g/mol. The Balaban J connectivity index is 1.98. The molecule has 0 aliphatic heterocycles. The molecule has 0 aromatic heterocycles. The molecule has 1 aliphatic carbocycles. The van der Waals surface area contributed by atoms with Crippen LogP contribution in [0, 0.1) is 22.6 Å². The van der Waals surface area contributed by atoms with E-state index in [1.54, 1.807) is 0 Å². The van der Waals surface area contributed by atoms with Crippen molar-refractivity contribution in [2.45, 2.75) is 32.6 Å². The number of carbonyl (C=O) groups excluding carboxylic acids is 1. The van der Waals surface area contributed by atoms with Gasteiger partial charge in [-0.3, -0.25) is 4.79 Å². The Hall–Kier alpha value is -1.03. The van der Waals surface area contributed by atoms with Gasteiger partial charge >= 0.3 is 0 Å². The second-order valence-corrected chi connectivity index (χ2v) is 6.85. The zero-order chi connectivity index (χ0) is 14.4. The molecular formula is C15H20FNOS. The second kappa shape index (κ2) is 4.51. The highest BCUT2D eigenvalue weighted by molar-refractivity contribution is 7.80. The molecule has 1 aliphatic rings. The second-order valence-electron chi connectivity index (χ2n) is 6.37. The van der Waals surface area contributed by atoms with Crippen molar-refractivity contribution in [3.05, 3.63) is 29.6 Å². The van der Waals surface area contributed by atoms with E-state index in [-0.39, 0.29) is 21.6 Å². The van der Waals surface area contributed by atoms with Crippen LogP contribution in [0.25, 0.3) is 0 Å². The number of carbonyl (C=O) groups is 1. The largest absolute Gasteiger partial charge is 0.352 e. The maximum Gasteiger partial charge on any atom is 0.251 e. The number of benzene rings is 1. The summed E-state index contributed by atoms with van der Waals surface area (Å²) in [5.41, 5.74) is 0.943. The molecule has 1 amide bonds. The van der Waals surface area contributed by atoms with Crippen molar-refractivity contribution in [2.75, 3.05) is 6.54 Å². The maximum absolute atomic E-state index is 13.1. The third kappa shape index (κ3) is 2.38. The van der Waals surface area contributed by atoms with Gasteiger partial charge in [-0.2, -0.15) is 0 Å². The Morgan fingerprint density at radius 3 is 2.37 bits per heavy atom. The van der Waals surface area contributed by atoms with E-state index in [0.29, 0.717) is 18.0 Å². The number of hydrogen-bond donors (Lipinski definition) is 2. The van der Waals surface area contributed by atoms with E-state index in [2.05, 4.69) is 45.6 Å². The highest BCUT2D eigenvalue weighted by atomic mass is 32.1. The van der Waals surface area contributed by atoms with Crippen molar-refractivity contribution in [3.8, 4) is 0 Å². The molecule has 19 heavy (non-hydrogen) atoms. The summed E-state index contributed by atoms with van der Waals surface area (Å²) in [5, 5.41) is 2.92. The van der Waals surface area contributed by atoms with Gasteiger partial charge in [-0.25, -0.2) is 4.39 Å². The lowest BCUT2D eigenvalue weighted by Crippen LogP contribution is -2.27. The van der Waals surface area contributed by atoms with E-state index in [1.165, 1.54) is 18.2 Å². The minimum atomic E-state index is -0.413. The average Bonchev–Trinajstić information content (AvgIpc) is 2.70. The van der Waals surface area contributed by atoms with Gasteiger partial charge in [0.15, 0.2) is 0 Å². The Morgan fingerprint density at radius 1 is 1.32 bits per heavy atom. The molecule has 0 spiro atoms. The maximum atomic E-state index is 13.1. The third-order valence-electron chi connectivity index (χ3n) is 4.99. The van der Waals surface area contributed by atoms with Gasteiger partial charge in [0.25, 0.3) is 5.91 Å². The molecule has 0 bridgehead atoms. The molecule has 0 saturated heterocycles. The van der Waals surface area contributed by atoms with Crippen LogP contribution in [0.2, 0.25) is 0 Å². The predicted molar refractivity (Wildman–Crippen MR) is 77.0 cm³/mol. The summed E-state index contributed by atoms with van der Waals surface area (Å²) in [5.74, 6) is -0.113. The zero-order valence-electron chi connectivity index (χ0n) is 11.7. The average molecular weight is 281 g/mol. The lowest BCUT2D eigenvalue weighted by atomic mass is 10.0. The van der Waals surface area contributed by atoms with Crippen molar-refractivity contribution in [3.63, 3.8) is 0 Å². The normalized spacial score (nSPS) is 20.1. The number of halogens is 1. The summed E-state index contributed by atoms with van der Waals surface area (Å²) in [4.78, 5) is 12.2. The lowest BCUT2D eigenvalue weighted by Gasteiger charge is -2.07. The van der Waals surface area contributed by atoms with Crippen LogP contribution in [0.3, 0.4) is 0 Å². The molecule has 0 radical (unpaired) electrons. The Labute approximate surface area is 119 Å². The minimum Gasteiger partial charge on any atom is -0.352 e. The SMILES string of the molecule is CC1(C)C(CNC(=O)c2ccc(F)c(S)c2)C1(C)C. The van der Waals surface area contributed by atoms with Gasteiger partial charge in [0, 0.05) is 17.0 Å². The van der Waals surface area contributed by atoms with Crippen molar-refractivity contribution >= 4 is 18.5 Å². The fraction of sp³-hybridized carbons (Fsp3) is 0.533. The standard InChI is InChI=1S/C15H20FNOS/c1-14(2)12(15(14,3)4)8-17-13(18)9-5-6-10(16)11(19)7-9/h5-7,12,19H,8H2,1-4H3,(H,17,18). The number of hydrogen-bond acceptors (Lipinski definition) is 2. The number of rotatable bonds is 3. The fourth-order valence-electron chi connectivity index (χ4n) is 2.79. The fourth-order valence-corrected chi connectivity index (χ4v) is 3.01. The van der Waals surface area contributed by atoms with Gasteiger partial charge in [0.2, 0.25) is 0 Å². The summed E-state index contributed by atoms with van der Waals surface area (Å²) in [7, 11) is 0. The Morgan fingerprint density at radius 2 is 1.89 bits per heavy atom. The van der Waals surface area contributed by atoms with Gasteiger partial charge in [-0.05, 0) is 34.9 Å². The Bertz CT molecular complexity index is 511. The summed E-state index contributed by atoms with van der Waals surface area (Å²) < 4.78 is 13.1. The molecule has 4 heteroatoms. The lowest BCUT2D eigenvalue weighted by molar-refractivity contribution is 0.0949. The number of amides is 1. The van der Waals surface area contributed by atoms with Crippen molar-refractivity contribution in [2.24, 2.45) is 16.7 Å². The first kappa shape index (κ1) is 14.4. The predicted octanol–water partition coefficient (Wildman–Crippen LogP) is 3.53.